The molecule has 148 valence electrons. The van der Waals surface area contributed by atoms with Gasteiger partial charge in [-0.3, -0.25) is 13.8 Å². The molecule has 3 nitrogen and oxygen atoms in total. The van der Waals surface area contributed by atoms with E-state index < -0.39 is 0 Å². The van der Waals surface area contributed by atoms with Crippen LogP contribution in [0.1, 0.15) is 5.56 Å². The summed E-state index contributed by atoms with van der Waals surface area (Å²) in [7, 11) is 0. The van der Waals surface area contributed by atoms with Crippen LogP contribution >= 0.6 is 46.8 Å². The highest BCUT2D eigenvalue weighted by Crippen LogP contribution is 2.36. The molecule has 0 aliphatic heterocycles. The van der Waals surface area contributed by atoms with Crippen LogP contribution in [0.4, 0.5) is 0 Å². The number of nitrogens with zero attached hydrogens (tertiary/aromatic N) is 2. The SMILES string of the molecule is O=c1c2ccccc2n2c(=S)sc(-c3ccc(Cl)c(Cl)c3)c2n1Cc1ccccc1. The summed E-state index contributed by atoms with van der Waals surface area (Å²) in [6.45, 7) is 0.438. The van der Waals surface area contributed by atoms with Crippen LogP contribution in [-0.2, 0) is 6.54 Å². The van der Waals surface area contributed by atoms with Crippen LogP contribution in [0.5, 0.6) is 0 Å². The van der Waals surface area contributed by atoms with Gasteiger partial charge in [0.1, 0.15) is 5.65 Å². The summed E-state index contributed by atoms with van der Waals surface area (Å²) in [5, 5.41) is 1.58. The van der Waals surface area contributed by atoms with Crippen molar-refractivity contribution in [3.63, 3.8) is 0 Å². The highest BCUT2D eigenvalue weighted by molar-refractivity contribution is 7.73. The van der Waals surface area contributed by atoms with E-state index in [0.717, 1.165) is 27.2 Å². The Labute approximate surface area is 191 Å². The summed E-state index contributed by atoms with van der Waals surface area (Å²) < 4.78 is 4.45. The maximum Gasteiger partial charge on any atom is 0.261 e. The number of benzene rings is 3. The van der Waals surface area contributed by atoms with Crippen molar-refractivity contribution < 1.29 is 0 Å². The predicted octanol–water partition coefficient (Wildman–Crippen LogP) is 7.07. The van der Waals surface area contributed by atoms with E-state index in [1.54, 1.807) is 10.6 Å². The lowest BCUT2D eigenvalue weighted by Gasteiger charge is -2.13. The van der Waals surface area contributed by atoms with Gasteiger partial charge in [0.15, 0.2) is 3.95 Å². The minimum atomic E-state index is -0.0523. The second-order valence-electron chi connectivity index (χ2n) is 6.88. The highest BCUT2D eigenvalue weighted by atomic mass is 35.5. The van der Waals surface area contributed by atoms with Crippen molar-refractivity contribution >= 4 is 63.3 Å². The zero-order chi connectivity index (χ0) is 20.8. The molecule has 0 aliphatic carbocycles. The Morgan fingerprint density at radius 1 is 0.900 bits per heavy atom. The van der Waals surface area contributed by atoms with Crippen LogP contribution in [0.3, 0.4) is 0 Å². The molecule has 0 aliphatic rings. The minimum Gasteiger partial charge on any atom is -0.288 e. The molecule has 0 radical (unpaired) electrons. The zero-order valence-electron chi connectivity index (χ0n) is 15.5. The van der Waals surface area contributed by atoms with Crippen molar-refractivity contribution in [3.8, 4) is 10.4 Å². The second kappa shape index (κ2) is 7.67. The Kier molecular flexibility index (Phi) is 4.99. The van der Waals surface area contributed by atoms with Crippen LogP contribution in [0.2, 0.25) is 10.0 Å². The molecule has 0 amide bonds. The molecule has 0 fully saturated rings. The predicted molar refractivity (Wildman–Crippen MR) is 129 cm³/mol. The van der Waals surface area contributed by atoms with Crippen LogP contribution in [0.15, 0.2) is 77.6 Å². The van der Waals surface area contributed by atoms with Crippen LogP contribution in [-0.4, -0.2) is 8.97 Å². The number of para-hydroxylation sites is 1. The van der Waals surface area contributed by atoms with Gasteiger partial charge in [-0.25, -0.2) is 0 Å². The van der Waals surface area contributed by atoms with E-state index in [1.165, 1.54) is 11.3 Å². The molecule has 0 saturated carbocycles. The number of thiazole rings is 1. The standard InChI is InChI=1S/C23H14Cl2N2OS2/c24-17-11-10-15(12-18(17)25)20-21-26(13-14-6-2-1-3-7-14)22(28)16-8-4-5-9-19(16)27(21)23(29)30-20/h1-12H,13H2. The normalized spacial score (nSPS) is 11.4. The monoisotopic (exact) mass is 468 g/mol. The average Bonchev–Trinajstić information content (AvgIpc) is 3.11. The lowest BCUT2D eigenvalue weighted by molar-refractivity contribution is 0.781. The van der Waals surface area contributed by atoms with Crippen molar-refractivity contribution in [2.24, 2.45) is 0 Å². The molecular weight excluding hydrogens is 455 g/mol. The van der Waals surface area contributed by atoms with E-state index in [0.29, 0.717) is 25.9 Å². The summed E-state index contributed by atoms with van der Waals surface area (Å²) in [5.74, 6) is 0. The average molecular weight is 469 g/mol. The van der Waals surface area contributed by atoms with Gasteiger partial charge in [-0.2, -0.15) is 0 Å². The van der Waals surface area contributed by atoms with Gasteiger partial charge < -0.3 is 0 Å². The third-order valence-electron chi connectivity index (χ3n) is 5.03. The maximum absolute atomic E-state index is 13.5. The molecule has 0 spiro atoms. The molecular formula is C23H14Cl2N2OS2. The molecule has 5 rings (SSSR count). The molecule has 0 saturated heterocycles. The smallest absolute Gasteiger partial charge is 0.261 e. The molecule has 5 aromatic rings. The van der Waals surface area contributed by atoms with Gasteiger partial charge in [-0.15, -0.1) is 11.3 Å². The van der Waals surface area contributed by atoms with E-state index in [-0.39, 0.29) is 5.56 Å². The quantitative estimate of drug-likeness (QED) is 0.264. The lowest BCUT2D eigenvalue weighted by atomic mass is 10.1. The fraction of sp³-hybridized carbons (Fsp3) is 0.0435. The highest BCUT2D eigenvalue weighted by Gasteiger charge is 2.19. The Balaban J connectivity index is 1.92. The number of fused-ring (bicyclic) bond motifs is 3. The first kappa shape index (κ1) is 19.5. The van der Waals surface area contributed by atoms with Crippen molar-refractivity contribution in [1.82, 2.24) is 8.97 Å². The Hall–Kier alpha value is -2.44. The number of hydrogen-bond donors (Lipinski definition) is 0. The molecule has 0 N–H and O–H groups in total. The third kappa shape index (κ3) is 3.19. The van der Waals surface area contributed by atoms with E-state index in [9.17, 15) is 4.79 Å². The minimum absolute atomic E-state index is 0.0523. The van der Waals surface area contributed by atoms with E-state index >= 15 is 0 Å². The first-order chi connectivity index (χ1) is 14.5. The summed E-state index contributed by atoms with van der Waals surface area (Å²) in [6, 6.07) is 23.0. The summed E-state index contributed by atoms with van der Waals surface area (Å²) in [5.41, 5.74) is 3.42. The van der Waals surface area contributed by atoms with Crippen molar-refractivity contribution in [1.29, 1.82) is 0 Å². The van der Waals surface area contributed by atoms with Gasteiger partial charge >= 0.3 is 0 Å². The summed E-state index contributed by atoms with van der Waals surface area (Å²) in [4.78, 5) is 14.4. The van der Waals surface area contributed by atoms with Gasteiger partial charge in [0, 0.05) is 0 Å². The Bertz CT molecular complexity index is 1530. The number of aromatic nitrogens is 2. The molecule has 7 heteroatoms. The van der Waals surface area contributed by atoms with Gasteiger partial charge in [0.25, 0.3) is 5.56 Å². The molecule has 0 bridgehead atoms. The molecule has 3 aromatic carbocycles. The van der Waals surface area contributed by atoms with Crippen molar-refractivity contribution in [3.05, 3.63) is 103 Å². The topological polar surface area (TPSA) is 26.4 Å². The molecule has 0 atom stereocenters. The fourth-order valence-electron chi connectivity index (χ4n) is 3.65. The first-order valence-corrected chi connectivity index (χ1v) is 11.2. The molecule has 2 aromatic heterocycles. The number of hydrogen-bond acceptors (Lipinski definition) is 3. The van der Waals surface area contributed by atoms with E-state index in [2.05, 4.69) is 0 Å². The summed E-state index contributed by atoms with van der Waals surface area (Å²) >= 11 is 19.6. The van der Waals surface area contributed by atoms with E-state index in [1.807, 2.05) is 71.1 Å². The molecule has 30 heavy (non-hydrogen) atoms. The summed E-state index contributed by atoms with van der Waals surface area (Å²) in [6.07, 6.45) is 0. The lowest BCUT2D eigenvalue weighted by Crippen LogP contribution is -2.23. The zero-order valence-corrected chi connectivity index (χ0v) is 18.7. The van der Waals surface area contributed by atoms with Gasteiger partial charge in [-0.05, 0) is 47.6 Å². The van der Waals surface area contributed by atoms with E-state index in [4.69, 9.17) is 35.4 Å². The van der Waals surface area contributed by atoms with Crippen LogP contribution < -0.4 is 5.56 Å². The second-order valence-corrected chi connectivity index (χ2v) is 9.34. The van der Waals surface area contributed by atoms with Gasteiger partial charge in [0.05, 0.1) is 32.4 Å². The molecule has 2 heterocycles. The molecule has 0 unspecified atom stereocenters. The Morgan fingerprint density at radius 3 is 2.40 bits per heavy atom. The van der Waals surface area contributed by atoms with Crippen LogP contribution in [0, 0.1) is 3.95 Å². The Morgan fingerprint density at radius 2 is 1.63 bits per heavy atom. The van der Waals surface area contributed by atoms with Gasteiger partial charge in [-0.1, -0.05) is 71.7 Å². The number of halogens is 2. The maximum atomic E-state index is 13.5. The van der Waals surface area contributed by atoms with Gasteiger partial charge in [0.2, 0.25) is 0 Å². The first-order valence-electron chi connectivity index (χ1n) is 9.21. The fourth-order valence-corrected chi connectivity index (χ4v) is 5.37. The van der Waals surface area contributed by atoms with Crippen molar-refractivity contribution in [2.75, 3.05) is 0 Å². The van der Waals surface area contributed by atoms with Crippen molar-refractivity contribution in [2.45, 2.75) is 6.54 Å². The van der Waals surface area contributed by atoms with Crippen LogP contribution in [0.25, 0.3) is 27.0 Å². The largest absolute Gasteiger partial charge is 0.288 e. The number of rotatable bonds is 3. The third-order valence-corrected chi connectivity index (χ3v) is 7.18.